The summed E-state index contributed by atoms with van der Waals surface area (Å²) in [7, 11) is 1.78. The molecule has 0 spiro atoms. The maximum absolute atomic E-state index is 12.9. The van der Waals surface area contributed by atoms with Gasteiger partial charge in [-0.2, -0.15) is 13.2 Å². The summed E-state index contributed by atoms with van der Waals surface area (Å²) in [5.41, 5.74) is 6.62. The summed E-state index contributed by atoms with van der Waals surface area (Å²) in [4.78, 5) is 13.1. The second kappa shape index (κ2) is 11.6. The molecule has 0 aromatic heterocycles. The lowest BCUT2D eigenvalue weighted by Crippen LogP contribution is -2.43. The van der Waals surface area contributed by atoms with Crippen molar-refractivity contribution < 1.29 is 23.1 Å². The number of allylic oxidation sites excluding steroid dienone is 1. The summed E-state index contributed by atoms with van der Waals surface area (Å²) in [6.07, 6.45) is 1.17. The highest BCUT2D eigenvalue weighted by Gasteiger charge is 2.34. The van der Waals surface area contributed by atoms with Gasteiger partial charge in [0.2, 0.25) is 0 Å². The molecule has 202 valence electrons. The third kappa shape index (κ3) is 6.57. The number of carbonyl (C=O) groups is 1. The number of carboxylic acids is 1. The van der Waals surface area contributed by atoms with Gasteiger partial charge in [-0.15, -0.1) is 0 Å². The van der Waals surface area contributed by atoms with Crippen LogP contribution in [0.15, 0.2) is 79.0 Å². The van der Waals surface area contributed by atoms with Crippen LogP contribution in [-0.4, -0.2) is 36.6 Å². The predicted octanol–water partition coefficient (Wildman–Crippen LogP) is 6.64. The Bertz CT molecular complexity index is 1390. The molecule has 1 heterocycles. The molecule has 39 heavy (non-hydrogen) atoms. The highest BCUT2D eigenvalue weighted by Crippen LogP contribution is 2.42. The molecule has 3 N–H and O–H groups in total. The first kappa shape index (κ1) is 27.7. The molecule has 0 amide bonds. The van der Waals surface area contributed by atoms with Gasteiger partial charge >= 0.3 is 12.1 Å². The summed E-state index contributed by atoms with van der Waals surface area (Å²) < 4.78 is 38.8. The van der Waals surface area contributed by atoms with Crippen LogP contribution in [0.3, 0.4) is 0 Å². The minimum absolute atomic E-state index is 0.0227. The van der Waals surface area contributed by atoms with Gasteiger partial charge < -0.3 is 20.7 Å². The van der Waals surface area contributed by atoms with E-state index in [2.05, 4.69) is 29.3 Å². The fraction of sp³-hybridized carbons (Fsp3) is 0.226. The third-order valence-corrected chi connectivity index (χ3v) is 6.80. The zero-order valence-corrected chi connectivity index (χ0v) is 21.7. The molecule has 1 aliphatic rings. The highest BCUT2D eigenvalue weighted by molar-refractivity contribution is 6.08. The average Bonchev–Trinajstić information content (AvgIpc) is 2.89. The molecule has 2 unspecified atom stereocenters. The van der Waals surface area contributed by atoms with Gasteiger partial charge in [0.05, 0.1) is 12.5 Å². The largest absolute Gasteiger partial charge is 0.478 e. The number of hydrogen-bond donors (Lipinski definition) is 3. The molecule has 1 aliphatic heterocycles. The smallest absolute Gasteiger partial charge is 0.393 e. The zero-order valence-electron chi connectivity index (χ0n) is 21.7. The van der Waals surface area contributed by atoms with E-state index in [0.29, 0.717) is 6.42 Å². The van der Waals surface area contributed by atoms with Crippen LogP contribution in [0.2, 0.25) is 0 Å². The Labute approximate surface area is 225 Å². The van der Waals surface area contributed by atoms with Crippen LogP contribution in [0.5, 0.6) is 0 Å². The number of rotatable bonds is 8. The van der Waals surface area contributed by atoms with Crippen molar-refractivity contribution >= 4 is 29.5 Å². The van der Waals surface area contributed by atoms with E-state index in [-0.39, 0.29) is 17.6 Å². The summed E-state index contributed by atoms with van der Waals surface area (Å²) in [5.74, 6) is -1.03. The van der Waals surface area contributed by atoms with E-state index >= 15 is 0 Å². The standard InChI is InChI=1S/C31H30F3N3O2/c1-20-15-25-16-24(26(18-35)19-36-2)10-13-28(25)30(23-8-3-21(4-9-23)7-14-29(38)39)37(20)27-11-5-22(6-12-27)17-31(32,33)34/h3-14,16,18-20,30,35-36H,15,17H2,1-2H3,(H,38,39)/b14-7+,26-19+,35-18?. The molecule has 3 aromatic rings. The maximum atomic E-state index is 12.9. The normalized spacial score (nSPS) is 17.7. The number of fused-ring (bicyclic) bond motifs is 1. The minimum Gasteiger partial charge on any atom is -0.478 e. The van der Waals surface area contributed by atoms with Crippen molar-refractivity contribution in [3.05, 3.63) is 112 Å². The number of aliphatic carboxylic acids is 1. The molecule has 0 bridgehead atoms. The van der Waals surface area contributed by atoms with Gasteiger partial charge in [0.1, 0.15) is 0 Å². The van der Waals surface area contributed by atoms with Crippen LogP contribution < -0.4 is 10.2 Å². The molecule has 0 fully saturated rings. The van der Waals surface area contributed by atoms with Crippen molar-refractivity contribution in [2.75, 3.05) is 11.9 Å². The summed E-state index contributed by atoms with van der Waals surface area (Å²) in [5, 5.41) is 19.7. The number of halogens is 3. The number of alkyl halides is 3. The van der Waals surface area contributed by atoms with Crippen molar-refractivity contribution in [2.24, 2.45) is 0 Å². The molecule has 0 radical (unpaired) electrons. The molecule has 4 rings (SSSR count). The molecule has 2 atom stereocenters. The lowest BCUT2D eigenvalue weighted by Gasteiger charge is -2.44. The molecular formula is C31H30F3N3O2. The quantitative estimate of drug-likeness (QED) is 0.224. The van der Waals surface area contributed by atoms with Gasteiger partial charge in [-0.1, -0.05) is 54.6 Å². The third-order valence-electron chi connectivity index (χ3n) is 6.80. The molecule has 5 nitrogen and oxygen atoms in total. The fourth-order valence-corrected chi connectivity index (χ4v) is 5.13. The van der Waals surface area contributed by atoms with Crippen LogP contribution in [0, 0.1) is 5.41 Å². The van der Waals surface area contributed by atoms with Gasteiger partial charge in [0, 0.05) is 42.8 Å². The Morgan fingerprint density at radius 2 is 1.79 bits per heavy atom. The molecule has 3 aromatic carbocycles. The average molecular weight is 534 g/mol. The SMILES string of the molecule is CN/C=C(\C=N)c1ccc2c(c1)CC(C)N(c1ccc(CC(F)(F)F)cc1)C2c1ccc(/C=C/C(=O)O)cc1. The maximum Gasteiger partial charge on any atom is 0.393 e. The van der Waals surface area contributed by atoms with E-state index in [1.54, 1.807) is 25.4 Å². The molecule has 0 saturated carbocycles. The first-order chi connectivity index (χ1) is 18.6. The molecule has 8 heteroatoms. The van der Waals surface area contributed by atoms with Gasteiger partial charge in [0.15, 0.2) is 0 Å². The zero-order chi connectivity index (χ0) is 28.2. The van der Waals surface area contributed by atoms with E-state index in [1.807, 2.05) is 30.3 Å². The Hall–Kier alpha value is -4.33. The number of carboxylic acid groups (broad SMARTS) is 1. The first-order valence-corrected chi connectivity index (χ1v) is 12.6. The fourth-order valence-electron chi connectivity index (χ4n) is 5.13. The lowest BCUT2D eigenvalue weighted by molar-refractivity contribution is -0.131. The highest BCUT2D eigenvalue weighted by atomic mass is 19.4. The number of anilines is 1. The Kier molecular flexibility index (Phi) is 8.24. The lowest BCUT2D eigenvalue weighted by atomic mass is 9.83. The van der Waals surface area contributed by atoms with E-state index in [1.165, 1.54) is 24.4 Å². The summed E-state index contributed by atoms with van der Waals surface area (Å²) >= 11 is 0. The number of nitrogens with zero attached hydrogens (tertiary/aromatic N) is 1. The van der Waals surface area contributed by atoms with Crippen molar-refractivity contribution in [3.8, 4) is 0 Å². The van der Waals surface area contributed by atoms with Crippen molar-refractivity contribution in [3.63, 3.8) is 0 Å². The Morgan fingerprint density at radius 1 is 1.10 bits per heavy atom. The first-order valence-electron chi connectivity index (χ1n) is 12.6. The van der Waals surface area contributed by atoms with Crippen LogP contribution in [0.25, 0.3) is 11.6 Å². The second-order valence-electron chi connectivity index (χ2n) is 9.61. The topological polar surface area (TPSA) is 76.4 Å². The van der Waals surface area contributed by atoms with Gasteiger partial charge in [0.25, 0.3) is 0 Å². The number of nitrogens with one attached hydrogen (secondary N) is 2. The van der Waals surface area contributed by atoms with E-state index in [0.717, 1.165) is 45.2 Å². The molecular weight excluding hydrogens is 503 g/mol. The summed E-state index contributed by atoms with van der Waals surface area (Å²) in [6, 6.07) is 20.1. The number of benzene rings is 3. The van der Waals surface area contributed by atoms with Crippen molar-refractivity contribution in [2.45, 2.75) is 38.0 Å². The Balaban J connectivity index is 1.80. The second-order valence-corrected chi connectivity index (χ2v) is 9.61. The van der Waals surface area contributed by atoms with Gasteiger partial charge in [-0.05, 0) is 64.9 Å². The van der Waals surface area contributed by atoms with Crippen LogP contribution in [0.1, 0.15) is 46.3 Å². The minimum atomic E-state index is -4.27. The van der Waals surface area contributed by atoms with Crippen LogP contribution >= 0.6 is 0 Å². The van der Waals surface area contributed by atoms with E-state index in [9.17, 15) is 18.0 Å². The van der Waals surface area contributed by atoms with Crippen molar-refractivity contribution in [1.29, 1.82) is 5.41 Å². The van der Waals surface area contributed by atoms with Gasteiger partial charge in [-0.3, -0.25) is 0 Å². The Morgan fingerprint density at radius 3 is 2.38 bits per heavy atom. The van der Waals surface area contributed by atoms with Crippen molar-refractivity contribution in [1.82, 2.24) is 5.32 Å². The van der Waals surface area contributed by atoms with Crippen LogP contribution in [-0.2, 0) is 17.6 Å². The van der Waals surface area contributed by atoms with E-state index < -0.39 is 18.6 Å². The van der Waals surface area contributed by atoms with Gasteiger partial charge in [-0.25, -0.2) is 4.79 Å². The summed E-state index contributed by atoms with van der Waals surface area (Å²) in [6.45, 7) is 2.09. The molecule has 0 aliphatic carbocycles. The monoisotopic (exact) mass is 533 g/mol. The van der Waals surface area contributed by atoms with Crippen LogP contribution in [0.4, 0.5) is 18.9 Å². The number of hydrogen-bond acceptors (Lipinski definition) is 4. The predicted molar refractivity (Wildman–Crippen MR) is 149 cm³/mol. The molecule has 0 saturated heterocycles. The van der Waals surface area contributed by atoms with E-state index in [4.69, 9.17) is 10.5 Å².